The molecule has 1 heterocycles. The van der Waals surface area contributed by atoms with Crippen LogP contribution in [-0.4, -0.2) is 30.4 Å². The summed E-state index contributed by atoms with van der Waals surface area (Å²) in [5.41, 5.74) is 0.491. The Labute approximate surface area is 124 Å². The van der Waals surface area contributed by atoms with Crippen LogP contribution in [0.15, 0.2) is 45.9 Å². The number of benzene rings is 1. The van der Waals surface area contributed by atoms with Gasteiger partial charge in [0.2, 0.25) is 0 Å². The maximum atomic E-state index is 12.1. The smallest absolute Gasteiger partial charge is 0.297 e. The summed E-state index contributed by atoms with van der Waals surface area (Å²) in [5.74, 6) is 0. The molecule has 0 N–H and O–H groups in total. The molecule has 2 rings (SSSR count). The first-order chi connectivity index (χ1) is 9.37. The van der Waals surface area contributed by atoms with Crippen molar-refractivity contribution in [2.24, 2.45) is 0 Å². The molecule has 0 saturated heterocycles. The van der Waals surface area contributed by atoms with E-state index in [0.717, 1.165) is 16.4 Å². The first-order valence-corrected chi connectivity index (χ1v) is 8.36. The Morgan fingerprint density at radius 2 is 1.85 bits per heavy atom. The van der Waals surface area contributed by atoms with Crippen LogP contribution in [0, 0.1) is 0 Å². The number of aromatic nitrogens is 2. The van der Waals surface area contributed by atoms with E-state index in [-0.39, 0.29) is 18.8 Å². The Bertz CT molecular complexity index is 747. The van der Waals surface area contributed by atoms with E-state index in [0.29, 0.717) is 0 Å². The molecule has 2 aromatic rings. The summed E-state index contributed by atoms with van der Waals surface area (Å²) in [7, 11) is -3.48. The molecule has 6 nitrogen and oxygen atoms in total. The van der Waals surface area contributed by atoms with Gasteiger partial charge in [-0.15, -0.1) is 0 Å². The molecule has 108 valence electrons. The predicted octanol–water partition coefficient (Wildman–Crippen LogP) is 1.38. The summed E-state index contributed by atoms with van der Waals surface area (Å²) in [5, 5.41) is 0. The average molecular weight is 361 g/mol. The van der Waals surface area contributed by atoms with Gasteiger partial charge in [-0.2, -0.15) is 8.42 Å². The highest BCUT2D eigenvalue weighted by atomic mass is 79.9. The topological polar surface area (TPSA) is 70.3 Å². The van der Waals surface area contributed by atoms with Gasteiger partial charge in [-0.3, -0.25) is 13.3 Å². The molecule has 0 spiro atoms. The Morgan fingerprint density at radius 3 is 2.45 bits per heavy atom. The van der Waals surface area contributed by atoms with Crippen molar-refractivity contribution in [3.63, 3.8) is 0 Å². The Kier molecular flexibility index (Phi) is 4.46. The molecule has 0 aliphatic heterocycles. The summed E-state index contributed by atoms with van der Waals surface area (Å²) in [6.45, 7) is 0.110. The molecule has 0 aliphatic carbocycles. The van der Waals surface area contributed by atoms with Crippen LogP contribution >= 0.6 is 15.9 Å². The molecule has 0 amide bonds. The van der Waals surface area contributed by atoms with Crippen LogP contribution < -0.4 is 5.69 Å². The molecule has 1 aromatic carbocycles. The third-order valence-corrected chi connectivity index (χ3v) is 3.71. The molecule has 0 atom stereocenters. The van der Waals surface area contributed by atoms with Gasteiger partial charge in [0, 0.05) is 16.9 Å². The van der Waals surface area contributed by atoms with Gasteiger partial charge in [0.25, 0.3) is 10.1 Å². The number of hydrogen-bond donors (Lipinski definition) is 0. The van der Waals surface area contributed by atoms with Crippen LogP contribution in [0.1, 0.15) is 0 Å². The molecule has 0 aliphatic rings. The lowest BCUT2D eigenvalue weighted by Crippen LogP contribution is -2.25. The van der Waals surface area contributed by atoms with Crippen molar-refractivity contribution in [3.05, 3.63) is 51.6 Å². The van der Waals surface area contributed by atoms with Crippen molar-refractivity contribution in [2.75, 3.05) is 12.9 Å². The average Bonchev–Trinajstić information content (AvgIpc) is 2.71. The lowest BCUT2D eigenvalue weighted by atomic mass is 10.3. The molecule has 0 fully saturated rings. The van der Waals surface area contributed by atoms with Gasteiger partial charge in [0.05, 0.1) is 25.1 Å². The Balaban J connectivity index is 2.15. The van der Waals surface area contributed by atoms with Crippen molar-refractivity contribution in [3.8, 4) is 5.69 Å². The molecule has 20 heavy (non-hydrogen) atoms. The minimum absolute atomic E-state index is 0.0664. The molecule has 1 aromatic heterocycles. The van der Waals surface area contributed by atoms with Crippen LogP contribution in [0.5, 0.6) is 0 Å². The zero-order chi connectivity index (χ0) is 14.8. The molecule has 0 radical (unpaired) electrons. The zero-order valence-electron chi connectivity index (χ0n) is 10.7. The molecule has 0 unspecified atom stereocenters. The fraction of sp³-hybridized carbons (Fsp3) is 0.250. The normalized spacial score (nSPS) is 11.7. The summed E-state index contributed by atoms with van der Waals surface area (Å²) in [6, 6.07) is 7.30. The number of hydrogen-bond acceptors (Lipinski definition) is 4. The zero-order valence-corrected chi connectivity index (χ0v) is 13.1. The fourth-order valence-electron chi connectivity index (χ4n) is 1.67. The second-order valence-electron chi connectivity index (χ2n) is 4.15. The summed E-state index contributed by atoms with van der Waals surface area (Å²) in [4.78, 5) is 12.1. The lowest BCUT2D eigenvalue weighted by Gasteiger charge is -2.03. The van der Waals surface area contributed by atoms with Crippen LogP contribution in [0.25, 0.3) is 5.69 Å². The highest BCUT2D eigenvalue weighted by Crippen LogP contribution is 2.12. The van der Waals surface area contributed by atoms with Crippen LogP contribution in [0.4, 0.5) is 0 Å². The Morgan fingerprint density at radius 1 is 1.20 bits per heavy atom. The monoisotopic (exact) mass is 360 g/mol. The molecule has 0 saturated carbocycles. The lowest BCUT2D eigenvalue weighted by molar-refractivity contribution is 0.302. The van der Waals surface area contributed by atoms with Gasteiger partial charge in [-0.1, -0.05) is 15.9 Å². The van der Waals surface area contributed by atoms with Crippen LogP contribution in [-0.2, 0) is 20.8 Å². The van der Waals surface area contributed by atoms with Crippen molar-refractivity contribution in [2.45, 2.75) is 6.54 Å². The first-order valence-electron chi connectivity index (χ1n) is 5.75. The van der Waals surface area contributed by atoms with Gasteiger partial charge in [0.1, 0.15) is 0 Å². The first kappa shape index (κ1) is 15.0. The van der Waals surface area contributed by atoms with Crippen LogP contribution in [0.3, 0.4) is 0 Å². The van der Waals surface area contributed by atoms with E-state index in [1.165, 1.54) is 9.13 Å². The quantitative estimate of drug-likeness (QED) is 0.755. The number of halogens is 1. The highest BCUT2D eigenvalue weighted by molar-refractivity contribution is 9.10. The summed E-state index contributed by atoms with van der Waals surface area (Å²) in [6.07, 6.45) is 4.20. The predicted molar refractivity (Wildman–Crippen MR) is 78.5 cm³/mol. The SMILES string of the molecule is CS(=O)(=O)OCCn1ccn(-c2ccc(Br)cc2)c1=O. The van der Waals surface area contributed by atoms with E-state index in [4.69, 9.17) is 0 Å². The van der Waals surface area contributed by atoms with Crippen molar-refractivity contribution in [1.82, 2.24) is 9.13 Å². The molecule has 0 bridgehead atoms. The van der Waals surface area contributed by atoms with E-state index < -0.39 is 10.1 Å². The standard InChI is InChI=1S/C12H13BrN2O4S/c1-20(17,18)19-9-8-14-6-7-15(12(14)16)11-4-2-10(13)3-5-11/h2-7H,8-9H2,1H3. The van der Waals surface area contributed by atoms with E-state index >= 15 is 0 Å². The van der Waals surface area contributed by atoms with E-state index in [9.17, 15) is 13.2 Å². The largest absolute Gasteiger partial charge is 0.332 e. The molecular weight excluding hydrogens is 348 g/mol. The van der Waals surface area contributed by atoms with Gasteiger partial charge in [-0.05, 0) is 24.3 Å². The highest BCUT2D eigenvalue weighted by Gasteiger charge is 2.07. The van der Waals surface area contributed by atoms with Crippen molar-refractivity contribution in [1.29, 1.82) is 0 Å². The number of nitrogens with zero attached hydrogens (tertiary/aromatic N) is 2. The van der Waals surface area contributed by atoms with Crippen molar-refractivity contribution < 1.29 is 12.6 Å². The number of rotatable bonds is 5. The van der Waals surface area contributed by atoms with Gasteiger partial charge >= 0.3 is 5.69 Å². The maximum Gasteiger partial charge on any atom is 0.332 e. The van der Waals surface area contributed by atoms with Crippen molar-refractivity contribution >= 4 is 26.0 Å². The van der Waals surface area contributed by atoms with Crippen LogP contribution in [0.2, 0.25) is 0 Å². The second-order valence-corrected chi connectivity index (χ2v) is 6.71. The van der Waals surface area contributed by atoms with E-state index in [1.807, 2.05) is 24.3 Å². The van der Waals surface area contributed by atoms with Gasteiger partial charge in [-0.25, -0.2) is 4.79 Å². The molecular formula is C12H13BrN2O4S. The number of imidazole rings is 1. The van der Waals surface area contributed by atoms with Gasteiger partial charge in [0.15, 0.2) is 0 Å². The molecule has 8 heteroatoms. The summed E-state index contributed by atoms with van der Waals surface area (Å²) < 4.78 is 30.1. The minimum Gasteiger partial charge on any atom is -0.297 e. The van der Waals surface area contributed by atoms with E-state index in [1.54, 1.807) is 12.4 Å². The van der Waals surface area contributed by atoms with E-state index in [2.05, 4.69) is 20.1 Å². The second kappa shape index (κ2) is 5.94. The summed E-state index contributed by atoms with van der Waals surface area (Å²) >= 11 is 3.33. The minimum atomic E-state index is -3.48. The maximum absolute atomic E-state index is 12.1. The Hall–Kier alpha value is -1.38. The van der Waals surface area contributed by atoms with Gasteiger partial charge < -0.3 is 0 Å². The third-order valence-electron chi connectivity index (χ3n) is 2.58. The third kappa shape index (κ3) is 3.81. The fourth-order valence-corrected chi connectivity index (χ4v) is 2.31.